The first kappa shape index (κ1) is 19.0. The van der Waals surface area contributed by atoms with E-state index in [1.807, 2.05) is 49.3 Å². The molecule has 0 radical (unpaired) electrons. The second-order valence-corrected chi connectivity index (χ2v) is 8.21. The van der Waals surface area contributed by atoms with Gasteiger partial charge in [0.1, 0.15) is 6.61 Å². The molecular weight excluding hydrogens is 398 g/mol. The van der Waals surface area contributed by atoms with Crippen LogP contribution in [0.2, 0.25) is 5.02 Å². The van der Waals surface area contributed by atoms with Gasteiger partial charge < -0.3 is 14.4 Å². The Morgan fingerprint density at radius 2 is 2.00 bits per heavy atom. The third-order valence-electron chi connectivity index (χ3n) is 4.39. The van der Waals surface area contributed by atoms with Crippen molar-refractivity contribution in [3.63, 3.8) is 0 Å². The molecule has 3 aromatic rings. The van der Waals surface area contributed by atoms with Crippen molar-refractivity contribution < 1.29 is 14.3 Å². The van der Waals surface area contributed by atoms with E-state index in [1.54, 1.807) is 17.0 Å². The van der Waals surface area contributed by atoms with E-state index in [1.165, 1.54) is 11.3 Å². The molecule has 2 aromatic carbocycles. The van der Waals surface area contributed by atoms with Gasteiger partial charge in [-0.1, -0.05) is 35.1 Å². The fourth-order valence-electron chi connectivity index (χ4n) is 2.92. The van der Waals surface area contributed by atoms with Crippen molar-refractivity contribution in [2.75, 3.05) is 38.7 Å². The molecule has 1 amide bonds. The Labute approximate surface area is 172 Å². The third kappa shape index (κ3) is 3.92. The molecule has 0 N–H and O–H groups in total. The standard InChI is InChI=1S/C20H20ClN3O3S/c1-23(2)9-10-24(20-22-14-8-7-13(21)11-18(14)28-20)19(25)17-12-26-15-5-3-4-6-16(15)27-17/h3-8,11,17H,9-10,12H2,1-2H3/t17-/m1/s1. The van der Waals surface area contributed by atoms with Crippen LogP contribution in [0.25, 0.3) is 10.2 Å². The number of benzene rings is 2. The van der Waals surface area contributed by atoms with E-state index >= 15 is 0 Å². The van der Waals surface area contributed by atoms with E-state index < -0.39 is 6.10 Å². The number of hydrogen-bond donors (Lipinski definition) is 0. The number of carbonyl (C=O) groups excluding carboxylic acids is 1. The lowest BCUT2D eigenvalue weighted by Crippen LogP contribution is -2.48. The van der Waals surface area contributed by atoms with Crippen LogP contribution < -0.4 is 14.4 Å². The highest BCUT2D eigenvalue weighted by Crippen LogP contribution is 2.34. The normalized spacial score (nSPS) is 15.8. The summed E-state index contributed by atoms with van der Waals surface area (Å²) in [7, 11) is 3.94. The molecule has 8 heteroatoms. The lowest BCUT2D eigenvalue weighted by atomic mass is 10.2. The molecule has 0 bridgehead atoms. The van der Waals surface area contributed by atoms with Crippen molar-refractivity contribution in [2.24, 2.45) is 0 Å². The van der Waals surface area contributed by atoms with E-state index in [0.717, 1.165) is 10.2 Å². The van der Waals surface area contributed by atoms with E-state index in [0.29, 0.717) is 34.7 Å². The number of amides is 1. The zero-order valence-electron chi connectivity index (χ0n) is 15.6. The molecule has 1 aliphatic heterocycles. The number of rotatable bonds is 5. The van der Waals surface area contributed by atoms with Crippen LogP contribution in [-0.4, -0.2) is 55.7 Å². The lowest BCUT2D eigenvalue weighted by molar-refractivity contribution is -0.127. The summed E-state index contributed by atoms with van der Waals surface area (Å²) in [6.45, 7) is 1.37. The monoisotopic (exact) mass is 417 g/mol. The van der Waals surface area contributed by atoms with Crippen LogP contribution in [0.3, 0.4) is 0 Å². The van der Waals surface area contributed by atoms with Crippen molar-refractivity contribution in [2.45, 2.75) is 6.10 Å². The van der Waals surface area contributed by atoms with Gasteiger partial charge in [0.2, 0.25) is 6.10 Å². The van der Waals surface area contributed by atoms with Gasteiger partial charge in [0.05, 0.1) is 10.2 Å². The number of anilines is 1. The number of halogens is 1. The lowest BCUT2D eigenvalue weighted by Gasteiger charge is -2.30. The van der Waals surface area contributed by atoms with Gasteiger partial charge in [-0.05, 0) is 44.4 Å². The van der Waals surface area contributed by atoms with Crippen LogP contribution in [0, 0.1) is 0 Å². The van der Waals surface area contributed by atoms with Crippen LogP contribution in [0.1, 0.15) is 0 Å². The maximum atomic E-state index is 13.3. The van der Waals surface area contributed by atoms with Crippen molar-refractivity contribution in [1.29, 1.82) is 0 Å². The number of likely N-dealkylation sites (N-methyl/N-ethyl adjacent to an activating group) is 1. The molecule has 4 rings (SSSR count). The minimum absolute atomic E-state index is 0.165. The summed E-state index contributed by atoms with van der Waals surface area (Å²) in [6, 6.07) is 12.9. The Hall–Kier alpha value is -2.35. The van der Waals surface area contributed by atoms with Gasteiger partial charge in [-0.3, -0.25) is 9.69 Å². The summed E-state index contributed by atoms with van der Waals surface area (Å²) in [5, 5.41) is 1.28. The summed E-state index contributed by atoms with van der Waals surface area (Å²) in [4.78, 5) is 21.7. The molecule has 0 saturated heterocycles. The average molecular weight is 418 g/mol. The largest absolute Gasteiger partial charge is 0.485 e. The predicted molar refractivity (Wildman–Crippen MR) is 112 cm³/mol. The second kappa shape index (κ2) is 7.95. The number of thiazole rings is 1. The summed E-state index contributed by atoms with van der Waals surface area (Å²) in [5.41, 5.74) is 0.818. The van der Waals surface area contributed by atoms with Crippen molar-refractivity contribution in [1.82, 2.24) is 9.88 Å². The molecular formula is C20H20ClN3O3S. The number of para-hydroxylation sites is 2. The topological polar surface area (TPSA) is 54.9 Å². The molecule has 1 aliphatic rings. The van der Waals surface area contributed by atoms with Gasteiger partial charge >= 0.3 is 0 Å². The molecule has 0 fully saturated rings. The number of aromatic nitrogens is 1. The van der Waals surface area contributed by atoms with E-state index in [9.17, 15) is 4.79 Å². The predicted octanol–water partition coefficient (Wildman–Crippen LogP) is 3.68. The second-order valence-electron chi connectivity index (χ2n) is 6.77. The van der Waals surface area contributed by atoms with Crippen LogP contribution in [0.15, 0.2) is 42.5 Å². The van der Waals surface area contributed by atoms with Crippen LogP contribution in [-0.2, 0) is 4.79 Å². The van der Waals surface area contributed by atoms with E-state index in [-0.39, 0.29) is 12.5 Å². The first-order chi connectivity index (χ1) is 13.5. The average Bonchev–Trinajstić information content (AvgIpc) is 3.10. The van der Waals surface area contributed by atoms with Crippen molar-refractivity contribution >= 4 is 44.2 Å². The molecule has 1 atom stereocenters. The fraction of sp³-hybridized carbons (Fsp3) is 0.300. The van der Waals surface area contributed by atoms with Crippen LogP contribution in [0.4, 0.5) is 5.13 Å². The minimum atomic E-state index is -0.715. The van der Waals surface area contributed by atoms with Gasteiger partial charge in [-0.15, -0.1) is 0 Å². The highest BCUT2D eigenvalue weighted by Gasteiger charge is 2.33. The summed E-state index contributed by atoms with van der Waals surface area (Å²) < 4.78 is 12.6. The third-order valence-corrected chi connectivity index (χ3v) is 5.67. The molecule has 0 saturated carbocycles. The minimum Gasteiger partial charge on any atom is -0.485 e. The first-order valence-electron chi connectivity index (χ1n) is 8.92. The Balaban J connectivity index is 1.62. The van der Waals surface area contributed by atoms with Gasteiger partial charge in [-0.2, -0.15) is 0 Å². The number of hydrogen-bond acceptors (Lipinski definition) is 6. The quantitative estimate of drug-likeness (QED) is 0.633. The zero-order valence-corrected chi connectivity index (χ0v) is 17.2. The highest BCUT2D eigenvalue weighted by molar-refractivity contribution is 7.22. The van der Waals surface area contributed by atoms with Crippen molar-refractivity contribution in [3.05, 3.63) is 47.5 Å². The number of nitrogens with zero attached hydrogens (tertiary/aromatic N) is 3. The molecule has 0 aliphatic carbocycles. The SMILES string of the molecule is CN(C)CCN(C(=O)[C@H]1COc2ccccc2O1)c1nc2ccc(Cl)cc2s1. The molecule has 146 valence electrons. The highest BCUT2D eigenvalue weighted by atomic mass is 35.5. The number of fused-ring (bicyclic) bond motifs is 2. The maximum absolute atomic E-state index is 13.3. The molecule has 6 nitrogen and oxygen atoms in total. The van der Waals surface area contributed by atoms with Crippen LogP contribution >= 0.6 is 22.9 Å². The summed E-state index contributed by atoms with van der Waals surface area (Å²) in [5.74, 6) is 1.07. The smallest absolute Gasteiger partial charge is 0.273 e. The van der Waals surface area contributed by atoms with E-state index in [2.05, 4.69) is 4.98 Å². The number of ether oxygens (including phenoxy) is 2. The Bertz CT molecular complexity index is 1010. The van der Waals surface area contributed by atoms with E-state index in [4.69, 9.17) is 21.1 Å². The van der Waals surface area contributed by atoms with Gasteiger partial charge in [-0.25, -0.2) is 4.98 Å². The molecule has 1 aromatic heterocycles. The molecule has 0 spiro atoms. The maximum Gasteiger partial charge on any atom is 0.273 e. The van der Waals surface area contributed by atoms with Gasteiger partial charge in [0.15, 0.2) is 16.6 Å². The Kier molecular flexibility index (Phi) is 5.39. The molecule has 2 heterocycles. The summed E-state index contributed by atoms with van der Waals surface area (Å²) >= 11 is 7.54. The molecule has 0 unspecified atom stereocenters. The Morgan fingerprint density at radius 3 is 2.79 bits per heavy atom. The molecule has 28 heavy (non-hydrogen) atoms. The first-order valence-corrected chi connectivity index (χ1v) is 10.1. The van der Waals surface area contributed by atoms with Gasteiger partial charge in [0, 0.05) is 18.1 Å². The van der Waals surface area contributed by atoms with Crippen LogP contribution in [0.5, 0.6) is 11.5 Å². The number of carbonyl (C=O) groups is 1. The fourth-order valence-corrected chi connectivity index (χ4v) is 4.19. The van der Waals surface area contributed by atoms with Gasteiger partial charge in [0.25, 0.3) is 5.91 Å². The Morgan fingerprint density at radius 1 is 1.21 bits per heavy atom. The summed E-state index contributed by atoms with van der Waals surface area (Å²) in [6.07, 6.45) is -0.715. The zero-order chi connectivity index (χ0) is 19.7. The van der Waals surface area contributed by atoms with Crippen molar-refractivity contribution in [3.8, 4) is 11.5 Å².